The van der Waals surface area contributed by atoms with Crippen LogP contribution < -0.4 is 10.1 Å². The van der Waals surface area contributed by atoms with Gasteiger partial charge in [-0.25, -0.2) is 0 Å². The molecular weight excluding hydrogens is 318 g/mol. The van der Waals surface area contributed by atoms with E-state index in [9.17, 15) is 9.59 Å². The van der Waals surface area contributed by atoms with E-state index in [0.29, 0.717) is 5.17 Å². The molecule has 0 radical (unpaired) electrons. The third kappa shape index (κ3) is 5.41. The highest BCUT2D eigenvalue weighted by Gasteiger charge is 2.32. The molecule has 23 heavy (non-hydrogen) atoms. The van der Waals surface area contributed by atoms with E-state index in [1.165, 1.54) is 0 Å². The fraction of sp³-hybridized carbons (Fsp3) is 0.333. The molecule has 0 aliphatic carbocycles. The van der Waals surface area contributed by atoms with E-state index in [4.69, 9.17) is 9.84 Å². The van der Waals surface area contributed by atoms with E-state index in [0.717, 1.165) is 23.1 Å². The number of carboxylic acids is 1. The second kappa shape index (κ2) is 7.77. The zero-order valence-electron chi connectivity index (χ0n) is 12.7. The number of carbonyl (C=O) groups excluding carboxylic acids is 1. The van der Waals surface area contributed by atoms with Gasteiger partial charge in [-0.2, -0.15) is 5.10 Å². The number of hydrogen-bond acceptors (Lipinski definition) is 6. The molecule has 1 aromatic carbocycles. The van der Waals surface area contributed by atoms with Crippen molar-refractivity contribution < 1.29 is 19.4 Å². The summed E-state index contributed by atoms with van der Waals surface area (Å²) in [6, 6.07) is 7.36. The van der Waals surface area contributed by atoms with Crippen LogP contribution in [0.2, 0.25) is 0 Å². The predicted octanol–water partition coefficient (Wildman–Crippen LogP) is 1.87. The van der Waals surface area contributed by atoms with Crippen molar-refractivity contribution in [3.8, 4) is 5.75 Å². The molecule has 2 N–H and O–H groups in total. The molecule has 1 amide bonds. The zero-order valence-corrected chi connectivity index (χ0v) is 13.5. The van der Waals surface area contributed by atoms with Crippen molar-refractivity contribution in [3.63, 3.8) is 0 Å². The Kier molecular flexibility index (Phi) is 5.75. The first-order valence-corrected chi connectivity index (χ1v) is 7.89. The van der Waals surface area contributed by atoms with Crippen LogP contribution in [0.4, 0.5) is 0 Å². The smallest absolute Gasteiger partial charge is 0.305 e. The maximum Gasteiger partial charge on any atom is 0.305 e. The number of carboxylic acid groups (broad SMARTS) is 1. The minimum absolute atomic E-state index is 0.114. The molecule has 1 fully saturated rings. The summed E-state index contributed by atoms with van der Waals surface area (Å²) in [5, 5.41) is 18.6. The lowest BCUT2D eigenvalue weighted by molar-refractivity contribution is -0.138. The van der Waals surface area contributed by atoms with Gasteiger partial charge in [0.25, 0.3) is 0 Å². The molecule has 1 aromatic rings. The zero-order chi connectivity index (χ0) is 16.8. The molecule has 1 aliphatic rings. The summed E-state index contributed by atoms with van der Waals surface area (Å²) in [5.74, 6) is -0.605. The van der Waals surface area contributed by atoms with E-state index in [-0.39, 0.29) is 18.4 Å². The Balaban J connectivity index is 1.93. The molecule has 1 saturated heterocycles. The predicted molar refractivity (Wildman–Crippen MR) is 89.0 cm³/mol. The normalized spacial score (nSPS) is 19.5. The molecule has 0 bridgehead atoms. The summed E-state index contributed by atoms with van der Waals surface area (Å²) >= 11 is 1.07. The van der Waals surface area contributed by atoms with Gasteiger partial charge >= 0.3 is 5.97 Å². The van der Waals surface area contributed by atoms with Crippen LogP contribution in [0.3, 0.4) is 0 Å². The van der Waals surface area contributed by atoms with E-state index >= 15 is 0 Å². The van der Waals surface area contributed by atoms with E-state index in [2.05, 4.69) is 15.5 Å². The molecule has 0 aromatic heterocycles. The summed E-state index contributed by atoms with van der Waals surface area (Å²) < 4.78 is 5.54. The number of hydrogen-bond donors (Lipinski definition) is 2. The van der Waals surface area contributed by atoms with Crippen molar-refractivity contribution in [3.05, 3.63) is 29.8 Å². The Hall–Kier alpha value is -2.35. The molecular formula is C15H17N3O4S. The second-order valence-electron chi connectivity index (χ2n) is 5.08. The average molecular weight is 335 g/mol. The van der Waals surface area contributed by atoms with Crippen LogP contribution in [0.25, 0.3) is 0 Å². The molecule has 1 atom stereocenters. The summed E-state index contributed by atoms with van der Waals surface area (Å²) in [6.07, 6.45) is 1.42. The number of rotatable bonds is 6. The monoisotopic (exact) mass is 335 g/mol. The lowest BCUT2D eigenvalue weighted by Crippen LogP contribution is -2.26. The first-order chi connectivity index (χ1) is 10.9. The minimum Gasteiger partial charge on any atom is -0.491 e. The van der Waals surface area contributed by atoms with Crippen LogP contribution in [0, 0.1) is 0 Å². The van der Waals surface area contributed by atoms with Crippen LogP contribution >= 0.6 is 11.8 Å². The van der Waals surface area contributed by atoms with Gasteiger partial charge in [0.2, 0.25) is 5.91 Å². The van der Waals surface area contributed by atoms with Gasteiger partial charge in [0.1, 0.15) is 11.0 Å². The number of amidine groups is 1. The molecule has 0 spiro atoms. The van der Waals surface area contributed by atoms with Gasteiger partial charge < -0.3 is 15.2 Å². The Labute approximate surface area is 137 Å². The number of nitrogens with zero attached hydrogens (tertiary/aromatic N) is 2. The van der Waals surface area contributed by atoms with Gasteiger partial charge in [-0.1, -0.05) is 11.8 Å². The van der Waals surface area contributed by atoms with Gasteiger partial charge in [-0.05, 0) is 43.7 Å². The second-order valence-corrected chi connectivity index (χ2v) is 6.27. The quantitative estimate of drug-likeness (QED) is 0.610. The fourth-order valence-electron chi connectivity index (χ4n) is 1.80. The van der Waals surface area contributed by atoms with Crippen molar-refractivity contribution in [1.29, 1.82) is 0 Å². The largest absolute Gasteiger partial charge is 0.491 e. The van der Waals surface area contributed by atoms with Gasteiger partial charge in [0.05, 0.1) is 18.7 Å². The maximum absolute atomic E-state index is 11.5. The van der Waals surface area contributed by atoms with Gasteiger partial charge in [-0.15, -0.1) is 5.10 Å². The Morgan fingerprint density at radius 2 is 2.13 bits per heavy atom. The van der Waals surface area contributed by atoms with Gasteiger partial charge in [0, 0.05) is 0 Å². The highest BCUT2D eigenvalue weighted by atomic mass is 32.2. The summed E-state index contributed by atoms with van der Waals surface area (Å²) in [7, 11) is 0. The highest BCUT2D eigenvalue weighted by Crippen LogP contribution is 2.22. The van der Waals surface area contributed by atoms with Gasteiger partial charge in [-0.3, -0.25) is 9.59 Å². The summed E-state index contributed by atoms with van der Waals surface area (Å²) in [6.45, 7) is 3.91. The van der Waals surface area contributed by atoms with Crippen LogP contribution in [0.5, 0.6) is 5.75 Å². The summed E-state index contributed by atoms with van der Waals surface area (Å²) in [4.78, 5) is 22.2. The SMILES string of the molecule is CC(C)Oc1ccc(C=N/N=C2/NC(=O)C(CC(=O)O)S2)cc1. The topological polar surface area (TPSA) is 100 Å². The number of amides is 1. The molecule has 1 aliphatic heterocycles. The summed E-state index contributed by atoms with van der Waals surface area (Å²) in [5.41, 5.74) is 0.835. The number of carbonyl (C=O) groups is 2. The third-order valence-corrected chi connectivity index (χ3v) is 3.82. The van der Waals surface area contributed by atoms with E-state index in [1.807, 2.05) is 38.1 Å². The van der Waals surface area contributed by atoms with Crippen LogP contribution in [-0.4, -0.2) is 39.7 Å². The van der Waals surface area contributed by atoms with E-state index < -0.39 is 11.2 Å². The van der Waals surface area contributed by atoms with Crippen molar-refractivity contribution >= 4 is 35.0 Å². The van der Waals surface area contributed by atoms with Crippen molar-refractivity contribution in [2.24, 2.45) is 10.2 Å². The number of nitrogens with one attached hydrogen (secondary N) is 1. The molecule has 0 saturated carbocycles. The maximum atomic E-state index is 11.5. The molecule has 2 rings (SSSR count). The average Bonchev–Trinajstić information content (AvgIpc) is 2.80. The number of thioether (sulfide) groups is 1. The lowest BCUT2D eigenvalue weighted by Gasteiger charge is -2.08. The molecule has 1 unspecified atom stereocenters. The Morgan fingerprint density at radius 3 is 2.74 bits per heavy atom. The number of ether oxygens (including phenoxy) is 1. The third-order valence-electron chi connectivity index (χ3n) is 2.74. The van der Waals surface area contributed by atoms with Gasteiger partial charge in [0.15, 0.2) is 5.17 Å². The number of aliphatic carboxylic acids is 1. The molecule has 8 heteroatoms. The van der Waals surface area contributed by atoms with Crippen molar-refractivity contribution in [2.45, 2.75) is 31.6 Å². The standard InChI is InChI=1S/C15H17N3O4S/c1-9(2)22-11-5-3-10(4-6-11)8-16-18-15-17-14(21)12(23-15)7-13(19)20/h3-6,8-9,12H,7H2,1-2H3,(H,19,20)(H,17,18,21). The lowest BCUT2D eigenvalue weighted by atomic mass is 10.2. The first-order valence-electron chi connectivity index (χ1n) is 7.01. The van der Waals surface area contributed by atoms with Crippen LogP contribution in [-0.2, 0) is 9.59 Å². The van der Waals surface area contributed by atoms with Crippen LogP contribution in [0.1, 0.15) is 25.8 Å². The Bertz CT molecular complexity index is 641. The highest BCUT2D eigenvalue weighted by molar-refractivity contribution is 8.15. The molecule has 7 nitrogen and oxygen atoms in total. The first kappa shape index (κ1) is 17.0. The molecule has 122 valence electrons. The van der Waals surface area contributed by atoms with Crippen molar-refractivity contribution in [1.82, 2.24) is 5.32 Å². The van der Waals surface area contributed by atoms with E-state index in [1.54, 1.807) is 6.21 Å². The fourth-order valence-corrected chi connectivity index (χ4v) is 2.71. The Morgan fingerprint density at radius 1 is 1.43 bits per heavy atom. The van der Waals surface area contributed by atoms with Crippen molar-refractivity contribution in [2.75, 3.05) is 0 Å². The molecule has 1 heterocycles. The van der Waals surface area contributed by atoms with Crippen LogP contribution in [0.15, 0.2) is 34.5 Å². The minimum atomic E-state index is -1.02. The number of benzene rings is 1.